The second kappa shape index (κ2) is 6.55. The lowest BCUT2D eigenvalue weighted by Crippen LogP contribution is -2.22. The first-order valence-corrected chi connectivity index (χ1v) is 7.34. The van der Waals surface area contributed by atoms with Gasteiger partial charge in [0, 0.05) is 0 Å². The fourth-order valence-electron chi connectivity index (χ4n) is 3.91. The SMILES string of the molecule is CNCCCC1C2C=CC(C2)C1CCCNC. The Morgan fingerprint density at radius 3 is 1.76 bits per heavy atom. The van der Waals surface area contributed by atoms with E-state index in [-0.39, 0.29) is 0 Å². The van der Waals surface area contributed by atoms with E-state index in [0.29, 0.717) is 0 Å². The van der Waals surface area contributed by atoms with E-state index in [2.05, 4.69) is 36.9 Å². The third-order valence-corrected chi connectivity index (χ3v) is 4.73. The molecule has 0 aromatic rings. The molecule has 0 aromatic carbocycles. The molecule has 2 bridgehead atoms. The molecule has 2 N–H and O–H groups in total. The third kappa shape index (κ3) is 3.11. The second-order valence-corrected chi connectivity index (χ2v) is 5.77. The van der Waals surface area contributed by atoms with E-state index in [1.54, 1.807) is 0 Å². The zero-order chi connectivity index (χ0) is 12.1. The van der Waals surface area contributed by atoms with Crippen LogP contribution in [0.3, 0.4) is 0 Å². The Kier molecular flexibility index (Phi) is 5.05. The Morgan fingerprint density at radius 2 is 1.35 bits per heavy atom. The topological polar surface area (TPSA) is 24.1 Å². The van der Waals surface area contributed by atoms with Crippen molar-refractivity contribution in [2.24, 2.45) is 23.7 Å². The summed E-state index contributed by atoms with van der Waals surface area (Å²) in [6, 6.07) is 0. The van der Waals surface area contributed by atoms with E-state index < -0.39 is 0 Å². The van der Waals surface area contributed by atoms with Gasteiger partial charge in [-0.2, -0.15) is 0 Å². The number of hydrogen-bond acceptors (Lipinski definition) is 2. The predicted molar refractivity (Wildman–Crippen MR) is 74.0 cm³/mol. The summed E-state index contributed by atoms with van der Waals surface area (Å²) in [7, 11) is 4.12. The molecule has 0 spiro atoms. The first-order chi connectivity index (χ1) is 8.36. The van der Waals surface area contributed by atoms with Crippen LogP contribution >= 0.6 is 0 Å². The highest BCUT2D eigenvalue weighted by Crippen LogP contribution is 2.51. The molecule has 0 aromatic heterocycles. The minimum absolute atomic E-state index is 0.913. The van der Waals surface area contributed by atoms with Crippen molar-refractivity contribution in [2.45, 2.75) is 32.1 Å². The molecule has 2 rings (SSSR count). The maximum Gasteiger partial charge on any atom is -0.00518 e. The molecular formula is C15H28N2. The van der Waals surface area contributed by atoms with E-state index in [1.807, 2.05) is 0 Å². The van der Waals surface area contributed by atoms with E-state index >= 15 is 0 Å². The number of rotatable bonds is 8. The zero-order valence-corrected chi connectivity index (χ0v) is 11.4. The largest absolute Gasteiger partial charge is 0.320 e. The summed E-state index contributed by atoms with van der Waals surface area (Å²) in [5.41, 5.74) is 0. The Labute approximate surface area is 106 Å². The molecule has 17 heavy (non-hydrogen) atoms. The van der Waals surface area contributed by atoms with Crippen LogP contribution in [0, 0.1) is 23.7 Å². The second-order valence-electron chi connectivity index (χ2n) is 5.77. The summed E-state index contributed by atoms with van der Waals surface area (Å²) in [5.74, 6) is 3.79. The summed E-state index contributed by atoms with van der Waals surface area (Å²) in [5, 5.41) is 6.55. The van der Waals surface area contributed by atoms with E-state index in [0.717, 1.165) is 23.7 Å². The van der Waals surface area contributed by atoms with Crippen molar-refractivity contribution in [3.8, 4) is 0 Å². The van der Waals surface area contributed by atoms with Crippen molar-refractivity contribution in [1.29, 1.82) is 0 Å². The van der Waals surface area contributed by atoms with Crippen LogP contribution in [-0.2, 0) is 0 Å². The van der Waals surface area contributed by atoms with Gasteiger partial charge in [0.2, 0.25) is 0 Å². The first-order valence-electron chi connectivity index (χ1n) is 7.34. The van der Waals surface area contributed by atoms with Gasteiger partial charge in [0.15, 0.2) is 0 Å². The Morgan fingerprint density at radius 1 is 0.882 bits per heavy atom. The van der Waals surface area contributed by atoms with Gasteiger partial charge in [-0.05, 0) is 83.0 Å². The van der Waals surface area contributed by atoms with E-state index in [9.17, 15) is 0 Å². The van der Waals surface area contributed by atoms with Gasteiger partial charge in [-0.25, -0.2) is 0 Å². The monoisotopic (exact) mass is 236 g/mol. The van der Waals surface area contributed by atoms with Gasteiger partial charge in [-0.3, -0.25) is 0 Å². The smallest absolute Gasteiger partial charge is 0.00518 e. The molecule has 0 aliphatic heterocycles. The summed E-state index contributed by atoms with van der Waals surface area (Å²) < 4.78 is 0. The minimum atomic E-state index is 0.913. The predicted octanol–water partition coefficient (Wildman–Crippen LogP) is 2.42. The van der Waals surface area contributed by atoms with Gasteiger partial charge < -0.3 is 10.6 Å². The molecule has 2 aliphatic rings. The van der Waals surface area contributed by atoms with Crippen LogP contribution < -0.4 is 10.6 Å². The average Bonchev–Trinajstić information content (AvgIpc) is 2.92. The molecule has 98 valence electrons. The molecule has 4 unspecified atom stereocenters. The molecule has 0 saturated heterocycles. The Balaban J connectivity index is 1.81. The van der Waals surface area contributed by atoms with Crippen LogP contribution in [0.1, 0.15) is 32.1 Å². The van der Waals surface area contributed by atoms with Crippen molar-refractivity contribution < 1.29 is 0 Å². The number of hydrogen-bond donors (Lipinski definition) is 2. The highest BCUT2D eigenvalue weighted by atomic mass is 14.8. The average molecular weight is 236 g/mol. The minimum Gasteiger partial charge on any atom is -0.320 e. The van der Waals surface area contributed by atoms with Crippen LogP contribution in [0.2, 0.25) is 0 Å². The van der Waals surface area contributed by atoms with Gasteiger partial charge in [-0.1, -0.05) is 12.2 Å². The van der Waals surface area contributed by atoms with Gasteiger partial charge >= 0.3 is 0 Å². The van der Waals surface area contributed by atoms with E-state index in [4.69, 9.17) is 0 Å². The molecule has 0 radical (unpaired) electrons. The highest BCUT2D eigenvalue weighted by Gasteiger charge is 2.42. The summed E-state index contributed by atoms with van der Waals surface area (Å²) >= 11 is 0. The summed E-state index contributed by atoms with van der Waals surface area (Å²) in [6.07, 6.45) is 12.0. The molecule has 1 saturated carbocycles. The Hall–Kier alpha value is -0.340. The zero-order valence-electron chi connectivity index (χ0n) is 11.4. The fraction of sp³-hybridized carbons (Fsp3) is 0.867. The number of allylic oxidation sites excluding steroid dienone is 2. The maximum atomic E-state index is 3.27. The third-order valence-electron chi connectivity index (χ3n) is 4.73. The first kappa shape index (κ1) is 13.1. The number of nitrogens with one attached hydrogen (secondary N) is 2. The fourth-order valence-corrected chi connectivity index (χ4v) is 3.91. The molecule has 2 nitrogen and oxygen atoms in total. The van der Waals surface area contributed by atoms with Crippen LogP contribution in [0.25, 0.3) is 0 Å². The molecule has 4 atom stereocenters. The molecule has 0 heterocycles. The summed E-state index contributed by atoms with van der Waals surface area (Å²) in [4.78, 5) is 0. The number of fused-ring (bicyclic) bond motifs is 2. The van der Waals surface area contributed by atoms with Gasteiger partial charge in [0.25, 0.3) is 0 Å². The van der Waals surface area contributed by atoms with Gasteiger partial charge in [-0.15, -0.1) is 0 Å². The Bertz CT molecular complexity index is 225. The van der Waals surface area contributed by atoms with Crippen molar-refractivity contribution in [3.63, 3.8) is 0 Å². The lowest BCUT2D eigenvalue weighted by molar-refractivity contribution is 0.265. The quantitative estimate of drug-likeness (QED) is 0.499. The highest BCUT2D eigenvalue weighted by molar-refractivity contribution is 5.13. The van der Waals surface area contributed by atoms with Gasteiger partial charge in [0.1, 0.15) is 0 Å². The van der Waals surface area contributed by atoms with Gasteiger partial charge in [0.05, 0.1) is 0 Å². The lowest BCUT2D eigenvalue weighted by Gasteiger charge is -2.28. The molecule has 0 amide bonds. The molecule has 1 fully saturated rings. The van der Waals surface area contributed by atoms with Crippen molar-refractivity contribution in [2.75, 3.05) is 27.2 Å². The van der Waals surface area contributed by atoms with Crippen molar-refractivity contribution in [3.05, 3.63) is 12.2 Å². The van der Waals surface area contributed by atoms with E-state index in [1.165, 1.54) is 45.2 Å². The molecule has 2 heteroatoms. The van der Waals surface area contributed by atoms with Crippen molar-refractivity contribution in [1.82, 2.24) is 10.6 Å². The standard InChI is InChI=1S/C15H28N2/c1-16-9-3-5-14-12-7-8-13(11-12)15(14)6-4-10-17-2/h7-8,12-17H,3-6,9-11H2,1-2H3. The van der Waals surface area contributed by atoms with Crippen LogP contribution in [0.5, 0.6) is 0 Å². The van der Waals surface area contributed by atoms with Crippen LogP contribution in [0.4, 0.5) is 0 Å². The normalized spacial score (nSPS) is 34.7. The summed E-state index contributed by atoms with van der Waals surface area (Å²) in [6.45, 7) is 2.36. The van der Waals surface area contributed by atoms with Crippen LogP contribution in [-0.4, -0.2) is 27.2 Å². The molecule has 2 aliphatic carbocycles. The van der Waals surface area contributed by atoms with Crippen LogP contribution in [0.15, 0.2) is 12.2 Å². The maximum absolute atomic E-state index is 3.27. The van der Waals surface area contributed by atoms with Crippen molar-refractivity contribution >= 4 is 0 Å². The lowest BCUT2D eigenvalue weighted by atomic mass is 9.78. The molecular weight excluding hydrogens is 208 g/mol.